The highest BCUT2D eigenvalue weighted by Gasteiger charge is 2.14. The van der Waals surface area contributed by atoms with Gasteiger partial charge in [0.25, 0.3) is 5.91 Å². The first-order chi connectivity index (χ1) is 11.1. The number of imidazole rings is 1. The molecule has 0 unspecified atom stereocenters. The van der Waals surface area contributed by atoms with E-state index in [-0.39, 0.29) is 10.7 Å². The fourth-order valence-electron chi connectivity index (χ4n) is 1.92. The van der Waals surface area contributed by atoms with Crippen molar-refractivity contribution in [3.05, 3.63) is 57.3 Å². The fraction of sp³-hybridized carbons (Fsp3) is 0. The lowest BCUT2D eigenvalue weighted by Gasteiger charge is -2.04. The molecule has 1 N–H and O–H groups in total. The van der Waals surface area contributed by atoms with Gasteiger partial charge in [-0.15, -0.1) is 11.3 Å². The Labute approximate surface area is 145 Å². The molecule has 1 aromatic carbocycles. The van der Waals surface area contributed by atoms with Crippen molar-refractivity contribution in [3.63, 3.8) is 0 Å². The van der Waals surface area contributed by atoms with Crippen LogP contribution in [0.3, 0.4) is 0 Å². The fourth-order valence-corrected chi connectivity index (χ4v) is 3.05. The molecule has 0 aliphatic rings. The molecule has 2 heterocycles. The number of fused-ring (bicyclic) bond motifs is 1. The number of carbonyl (C=O) groups excluding carboxylic acids is 1. The molecule has 0 bridgehead atoms. The summed E-state index contributed by atoms with van der Waals surface area (Å²) in [6.07, 6.45) is 3.19. The Bertz CT molecular complexity index is 950. The predicted octanol–water partition coefficient (Wildman–Crippen LogP) is 4.25. The monoisotopic (exact) mass is 362 g/mol. The van der Waals surface area contributed by atoms with Crippen LogP contribution in [0.4, 0.5) is 5.69 Å². The first-order valence-corrected chi connectivity index (χ1v) is 8.02. The van der Waals surface area contributed by atoms with Crippen molar-refractivity contribution in [2.45, 2.75) is 0 Å². The summed E-state index contributed by atoms with van der Waals surface area (Å²) in [5, 5.41) is 14.5. The highest BCUT2D eigenvalue weighted by Crippen LogP contribution is 2.24. The van der Waals surface area contributed by atoms with Crippen LogP contribution in [0.2, 0.25) is 10.2 Å². The normalized spacial score (nSPS) is 11.4. The van der Waals surface area contributed by atoms with Gasteiger partial charge in [-0.1, -0.05) is 23.2 Å². The number of anilines is 1. The minimum atomic E-state index is -0.531. The van der Waals surface area contributed by atoms with Crippen LogP contribution in [0, 0.1) is 11.3 Å². The molecule has 114 valence electrons. The summed E-state index contributed by atoms with van der Waals surface area (Å²) in [7, 11) is 0. The van der Waals surface area contributed by atoms with E-state index in [2.05, 4.69) is 10.3 Å². The molecular formula is C15H8Cl2N4OS. The van der Waals surface area contributed by atoms with Gasteiger partial charge in [0.15, 0.2) is 10.1 Å². The number of nitrogens with zero attached hydrogens (tertiary/aromatic N) is 3. The molecule has 0 saturated heterocycles. The number of thiazole rings is 1. The number of halogens is 2. The van der Waals surface area contributed by atoms with Crippen molar-refractivity contribution in [1.82, 2.24) is 9.38 Å². The van der Waals surface area contributed by atoms with Crippen LogP contribution < -0.4 is 5.32 Å². The molecule has 0 atom stereocenters. The molecule has 5 nitrogen and oxygen atoms in total. The number of rotatable bonds is 3. The molecule has 0 aliphatic heterocycles. The average Bonchev–Trinajstić information content (AvgIpc) is 3.08. The Kier molecular flexibility index (Phi) is 4.35. The van der Waals surface area contributed by atoms with Crippen LogP contribution >= 0.6 is 34.5 Å². The maximum absolute atomic E-state index is 12.2. The summed E-state index contributed by atoms with van der Waals surface area (Å²) in [6, 6.07) is 8.48. The lowest BCUT2D eigenvalue weighted by Crippen LogP contribution is -2.13. The quantitative estimate of drug-likeness (QED) is 0.559. The van der Waals surface area contributed by atoms with Crippen molar-refractivity contribution in [2.75, 3.05) is 5.32 Å². The molecule has 0 radical (unpaired) electrons. The van der Waals surface area contributed by atoms with Crippen LogP contribution in [-0.4, -0.2) is 15.3 Å². The summed E-state index contributed by atoms with van der Waals surface area (Å²) in [5.74, 6) is -0.531. The predicted molar refractivity (Wildman–Crippen MR) is 91.8 cm³/mol. The van der Waals surface area contributed by atoms with Crippen LogP contribution in [-0.2, 0) is 4.79 Å². The highest BCUT2D eigenvalue weighted by molar-refractivity contribution is 7.15. The van der Waals surface area contributed by atoms with Gasteiger partial charge in [0.1, 0.15) is 11.6 Å². The minimum absolute atomic E-state index is 0.0742. The maximum atomic E-state index is 12.2. The molecule has 0 aliphatic carbocycles. The second kappa shape index (κ2) is 6.42. The molecular weight excluding hydrogens is 355 g/mol. The van der Waals surface area contributed by atoms with Gasteiger partial charge in [0, 0.05) is 22.3 Å². The third-order valence-corrected chi connectivity index (χ3v) is 4.29. The lowest BCUT2D eigenvalue weighted by molar-refractivity contribution is -0.112. The van der Waals surface area contributed by atoms with Crippen molar-refractivity contribution in [1.29, 1.82) is 5.26 Å². The van der Waals surface area contributed by atoms with E-state index in [1.54, 1.807) is 34.9 Å². The number of aromatic nitrogens is 2. The van der Waals surface area contributed by atoms with E-state index < -0.39 is 5.91 Å². The van der Waals surface area contributed by atoms with Gasteiger partial charge in [-0.2, -0.15) is 5.26 Å². The van der Waals surface area contributed by atoms with Gasteiger partial charge in [-0.3, -0.25) is 9.20 Å². The van der Waals surface area contributed by atoms with E-state index in [0.29, 0.717) is 21.4 Å². The minimum Gasteiger partial charge on any atom is -0.321 e. The second-order valence-electron chi connectivity index (χ2n) is 4.47. The van der Waals surface area contributed by atoms with Gasteiger partial charge in [0.05, 0.1) is 5.69 Å². The van der Waals surface area contributed by atoms with Crippen molar-refractivity contribution in [2.24, 2.45) is 0 Å². The van der Waals surface area contributed by atoms with Gasteiger partial charge < -0.3 is 5.32 Å². The van der Waals surface area contributed by atoms with Crippen molar-refractivity contribution >= 4 is 57.2 Å². The Balaban J connectivity index is 1.91. The van der Waals surface area contributed by atoms with E-state index in [1.807, 2.05) is 11.4 Å². The lowest BCUT2D eigenvalue weighted by atomic mass is 10.2. The number of nitrogens with one attached hydrogen (secondary N) is 1. The summed E-state index contributed by atoms with van der Waals surface area (Å²) < 4.78 is 1.72. The Morgan fingerprint density at radius 1 is 1.35 bits per heavy atom. The zero-order valence-corrected chi connectivity index (χ0v) is 13.8. The van der Waals surface area contributed by atoms with Crippen molar-refractivity contribution < 1.29 is 4.79 Å². The van der Waals surface area contributed by atoms with Gasteiger partial charge in [0.2, 0.25) is 0 Å². The van der Waals surface area contributed by atoms with Gasteiger partial charge in [-0.05, 0) is 30.3 Å². The Morgan fingerprint density at radius 3 is 2.78 bits per heavy atom. The maximum Gasteiger partial charge on any atom is 0.266 e. The van der Waals surface area contributed by atoms with Crippen LogP contribution in [0.5, 0.6) is 0 Å². The highest BCUT2D eigenvalue weighted by atomic mass is 35.5. The molecule has 3 aromatic rings. The number of hydrogen-bond acceptors (Lipinski definition) is 4. The number of carbonyl (C=O) groups is 1. The topological polar surface area (TPSA) is 70.2 Å². The van der Waals surface area contributed by atoms with E-state index in [9.17, 15) is 10.1 Å². The zero-order chi connectivity index (χ0) is 16.4. The average molecular weight is 363 g/mol. The molecule has 0 fully saturated rings. The summed E-state index contributed by atoms with van der Waals surface area (Å²) in [6.45, 7) is 0. The van der Waals surface area contributed by atoms with E-state index in [0.717, 1.165) is 0 Å². The van der Waals surface area contributed by atoms with Crippen LogP contribution in [0.15, 0.2) is 41.4 Å². The third kappa shape index (κ3) is 3.22. The van der Waals surface area contributed by atoms with Gasteiger partial charge in [-0.25, -0.2) is 4.98 Å². The summed E-state index contributed by atoms with van der Waals surface area (Å²) in [5.41, 5.74) is 0.959. The molecule has 0 spiro atoms. The van der Waals surface area contributed by atoms with E-state index >= 15 is 0 Å². The van der Waals surface area contributed by atoms with Crippen LogP contribution in [0.25, 0.3) is 11.0 Å². The molecule has 3 rings (SSSR count). The van der Waals surface area contributed by atoms with Crippen LogP contribution in [0.1, 0.15) is 5.69 Å². The first kappa shape index (κ1) is 15.6. The SMILES string of the molecule is N#C/C(=C/c1c(Cl)nc2sccn12)C(=O)Nc1ccc(Cl)cc1. The number of hydrogen-bond donors (Lipinski definition) is 1. The summed E-state index contributed by atoms with van der Waals surface area (Å²) in [4.78, 5) is 17.1. The van der Waals surface area contributed by atoms with E-state index in [1.165, 1.54) is 17.4 Å². The second-order valence-corrected chi connectivity index (χ2v) is 6.14. The largest absolute Gasteiger partial charge is 0.321 e. The number of nitriles is 1. The molecule has 23 heavy (non-hydrogen) atoms. The Hall–Kier alpha value is -2.33. The van der Waals surface area contributed by atoms with E-state index in [4.69, 9.17) is 23.2 Å². The molecule has 2 aromatic heterocycles. The number of benzene rings is 1. The third-order valence-electron chi connectivity index (χ3n) is 3.00. The molecule has 0 saturated carbocycles. The van der Waals surface area contributed by atoms with Crippen molar-refractivity contribution in [3.8, 4) is 6.07 Å². The standard InChI is InChI=1S/C15H8Cl2N4OS/c16-10-1-3-11(4-2-10)19-14(22)9(8-18)7-12-13(17)20-15-21(12)5-6-23-15/h1-7H,(H,19,22)/b9-7-. The number of amides is 1. The molecule has 8 heteroatoms. The van der Waals surface area contributed by atoms with Gasteiger partial charge >= 0.3 is 0 Å². The smallest absolute Gasteiger partial charge is 0.266 e. The zero-order valence-electron chi connectivity index (χ0n) is 11.5. The Morgan fingerprint density at radius 2 is 2.09 bits per heavy atom. The molecule has 1 amide bonds. The summed E-state index contributed by atoms with van der Waals surface area (Å²) >= 11 is 13.3. The first-order valence-electron chi connectivity index (χ1n) is 6.38.